The first-order valence-corrected chi connectivity index (χ1v) is 7.43. The molecule has 20 heavy (non-hydrogen) atoms. The van der Waals surface area contributed by atoms with Crippen LogP contribution in [-0.2, 0) is 6.54 Å². The quantitative estimate of drug-likeness (QED) is 0.861. The molecule has 1 aromatic rings. The molecule has 1 heterocycles. The summed E-state index contributed by atoms with van der Waals surface area (Å²) in [4.78, 5) is 5.07. The summed E-state index contributed by atoms with van der Waals surface area (Å²) in [7, 11) is 2.16. The van der Waals surface area contributed by atoms with Crippen LogP contribution in [-0.4, -0.2) is 47.5 Å². The van der Waals surface area contributed by atoms with E-state index < -0.39 is 0 Å². The summed E-state index contributed by atoms with van der Waals surface area (Å²) in [6.45, 7) is 5.93. The number of rotatable bonds is 4. The van der Waals surface area contributed by atoms with Gasteiger partial charge < -0.3 is 10.6 Å². The van der Waals surface area contributed by atoms with Gasteiger partial charge >= 0.3 is 0 Å². The Bertz CT molecular complexity index is 492. The van der Waals surface area contributed by atoms with Gasteiger partial charge in [0.05, 0.1) is 0 Å². The van der Waals surface area contributed by atoms with Crippen LogP contribution in [0.5, 0.6) is 0 Å². The van der Waals surface area contributed by atoms with E-state index in [2.05, 4.69) is 23.8 Å². The van der Waals surface area contributed by atoms with Crippen molar-refractivity contribution in [3.8, 4) is 0 Å². The van der Waals surface area contributed by atoms with Gasteiger partial charge in [0.2, 0.25) is 0 Å². The van der Waals surface area contributed by atoms with Crippen molar-refractivity contribution in [1.82, 2.24) is 9.80 Å². The SMILES string of the molecule is CCC1CN(Cc2cc(F)ccc2C(N)=S)CCN1C. The number of nitrogens with two attached hydrogens (primary N) is 1. The second kappa shape index (κ2) is 6.61. The van der Waals surface area contributed by atoms with Crippen LogP contribution in [0.25, 0.3) is 0 Å². The fourth-order valence-electron chi connectivity index (χ4n) is 2.77. The second-order valence-electron chi connectivity index (χ2n) is 5.44. The van der Waals surface area contributed by atoms with Gasteiger partial charge in [-0.25, -0.2) is 4.39 Å². The van der Waals surface area contributed by atoms with E-state index in [1.807, 2.05) is 0 Å². The first kappa shape index (κ1) is 15.4. The van der Waals surface area contributed by atoms with Crippen molar-refractivity contribution >= 4 is 17.2 Å². The molecule has 0 saturated carbocycles. The number of likely N-dealkylation sites (N-methyl/N-ethyl adjacent to an activating group) is 1. The molecule has 1 aromatic carbocycles. The van der Waals surface area contributed by atoms with Crippen LogP contribution in [0.2, 0.25) is 0 Å². The topological polar surface area (TPSA) is 32.5 Å². The minimum atomic E-state index is -0.235. The molecule has 0 spiro atoms. The Kier molecular flexibility index (Phi) is 5.07. The van der Waals surface area contributed by atoms with Crippen molar-refractivity contribution in [2.24, 2.45) is 5.73 Å². The highest BCUT2D eigenvalue weighted by atomic mass is 32.1. The fourth-order valence-corrected chi connectivity index (χ4v) is 2.97. The second-order valence-corrected chi connectivity index (χ2v) is 5.88. The van der Waals surface area contributed by atoms with E-state index in [-0.39, 0.29) is 5.82 Å². The van der Waals surface area contributed by atoms with Crippen molar-refractivity contribution in [3.63, 3.8) is 0 Å². The Morgan fingerprint density at radius 2 is 2.20 bits per heavy atom. The first-order valence-electron chi connectivity index (χ1n) is 7.02. The Hall–Kier alpha value is -1.04. The smallest absolute Gasteiger partial charge is 0.123 e. The largest absolute Gasteiger partial charge is 0.389 e. The normalized spacial score (nSPS) is 21.1. The van der Waals surface area contributed by atoms with E-state index in [1.54, 1.807) is 12.1 Å². The van der Waals surface area contributed by atoms with Crippen LogP contribution in [0.4, 0.5) is 4.39 Å². The standard InChI is InChI=1S/C15H22FN3S/c1-3-13-10-19(7-6-18(13)2)9-11-8-12(16)4-5-14(11)15(17)20/h4-5,8,13H,3,6-7,9-10H2,1-2H3,(H2,17,20). The molecule has 3 nitrogen and oxygen atoms in total. The predicted molar refractivity (Wildman–Crippen MR) is 84.3 cm³/mol. The molecule has 110 valence electrons. The average Bonchev–Trinajstić information content (AvgIpc) is 2.40. The van der Waals surface area contributed by atoms with Gasteiger partial charge in [-0.1, -0.05) is 19.1 Å². The summed E-state index contributed by atoms with van der Waals surface area (Å²) in [6, 6.07) is 5.20. The third-order valence-corrected chi connectivity index (χ3v) is 4.28. The number of halogens is 1. The zero-order valence-electron chi connectivity index (χ0n) is 12.1. The number of hydrogen-bond acceptors (Lipinski definition) is 3. The summed E-state index contributed by atoms with van der Waals surface area (Å²) in [5.41, 5.74) is 7.40. The van der Waals surface area contributed by atoms with Crippen molar-refractivity contribution in [2.45, 2.75) is 25.9 Å². The Morgan fingerprint density at radius 1 is 1.45 bits per heavy atom. The monoisotopic (exact) mass is 295 g/mol. The Labute approximate surface area is 125 Å². The minimum absolute atomic E-state index is 0.235. The molecule has 1 aliphatic heterocycles. The highest BCUT2D eigenvalue weighted by Gasteiger charge is 2.23. The third kappa shape index (κ3) is 3.53. The summed E-state index contributed by atoms with van der Waals surface area (Å²) < 4.78 is 13.5. The molecule has 0 aromatic heterocycles. The number of benzene rings is 1. The summed E-state index contributed by atoms with van der Waals surface area (Å²) in [6.07, 6.45) is 1.12. The number of thiocarbonyl (C=S) groups is 1. The molecule has 2 rings (SSSR count). The molecule has 0 radical (unpaired) electrons. The fraction of sp³-hybridized carbons (Fsp3) is 0.533. The molecular weight excluding hydrogens is 273 g/mol. The summed E-state index contributed by atoms with van der Waals surface area (Å²) in [5, 5.41) is 0. The molecular formula is C15H22FN3S. The zero-order valence-corrected chi connectivity index (χ0v) is 12.9. The number of piperazine rings is 1. The highest BCUT2D eigenvalue weighted by molar-refractivity contribution is 7.80. The predicted octanol–water partition coefficient (Wildman–Crippen LogP) is 1.99. The van der Waals surface area contributed by atoms with E-state index in [4.69, 9.17) is 18.0 Å². The molecule has 1 aliphatic rings. The van der Waals surface area contributed by atoms with Crippen LogP contribution >= 0.6 is 12.2 Å². The van der Waals surface area contributed by atoms with Gasteiger partial charge in [0.25, 0.3) is 0 Å². The average molecular weight is 295 g/mol. The lowest BCUT2D eigenvalue weighted by atomic mass is 10.0. The van der Waals surface area contributed by atoms with Crippen LogP contribution in [0.15, 0.2) is 18.2 Å². The molecule has 1 atom stereocenters. The number of nitrogens with zero attached hydrogens (tertiary/aromatic N) is 2. The lowest BCUT2D eigenvalue weighted by molar-refractivity contribution is 0.0883. The van der Waals surface area contributed by atoms with Crippen molar-refractivity contribution in [1.29, 1.82) is 0 Å². The lowest BCUT2D eigenvalue weighted by Crippen LogP contribution is -2.50. The van der Waals surface area contributed by atoms with Crippen LogP contribution in [0.3, 0.4) is 0 Å². The van der Waals surface area contributed by atoms with Gasteiger partial charge in [-0.15, -0.1) is 0 Å². The molecule has 5 heteroatoms. The van der Waals surface area contributed by atoms with Crippen molar-refractivity contribution in [2.75, 3.05) is 26.7 Å². The third-order valence-electron chi connectivity index (χ3n) is 4.06. The Morgan fingerprint density at radius 3 is 2.85 bits per heavy atom. The van der Waals surface area contributed by atoms with E-state index >= 15 is 0 Å². The van der Waals surface area contributed by atoms with E-state index in [0.29, 0.717) is 17.6 Å². The van der Waals surface area contributed by atoms with E-state index in [0.717, 1.165) is 37.2 Å². The van der Waals surface area contributed by atoms with E-state index in [9.17, 15) is 4.39 Å². The van der Waals surface area contributed by atoms with Crippen LogP contribution < -0.4 is 5.73 Å². The van der Waals surface area contributed by atoms with Gasteiger partial charge in [0.1, 0.15) is 10.8 Å². The molecule has 1 unspecified atom stereocenters. The maximum absolute atomic E-state index is 13.5. The van der Waals surface area contributed by atoms with Gasteiger partial charge in [0.15, 0.2) is 0 Å². The molecule has 0 bridgehead atoms. The van der Waals surface area contributed by atoms with Gasteiger partial charge in [-0.2, -0.15) is 0 Å². The van der Waals surface area contributed by atoms with Gasteiger partial charge in [-0.3, -0.25) is 4.90 Å². The minimum Gasteiger partial charge on any atom is -0.389 e. The Balaban J connectivity index is 2.13. The van der Waals surface area contributed by atoms with Crippen molar-refractivity contribution < 1.29 is 4.39 Å². The maximum Gasteiger partial charge on any atom is 0.123 e. The molecule has 1 saturated heterocycles. The molecule has 0 aliphatic carbocycles. The van der Waals surface area contributed by atoms with E-state index in [1.165, 1.54) is 6.07 Å². The zero-order chi connectivity index (χ0) is 14.7. The highest BCUT2D eigenvalue weighted by Crippen LogP contribution is 2.17. The van der Waals surface area contributed by atoms with Crippen LogP contribution in [0.1, 0.15) is 24.5 Å². The lowest BCUT2D eigenvalue weighted by Gasteiger charge is -2.39. The van der Waals surface area contributed by atoms with Crippen LogP contribution in [0, 0.1) is 5.82 Å². The van der Waals surface area contributed by atoms with Crippen molar-refractivity contribution in [3.05, 3.63) is 35.1 Å². The van der Waals surface area contributed by atoms with Gasteiger partial charge in [0, 0.05) is 37.8 Å². The summed E-state index contributed by atoms with van der Waals surface area (Å²) in [5.74, 6) is -0.235. The molecule has 2 N–H and O–H groups in total. The summed E-state index contributed by atoms with van der Waals surface area (Å²) >= 11 is 5.05. The molecule has 0 amide bonds. The number of hydrogen-bond donors (Lipinski definition) is 1. The maximum atomic E-state index is 13.5. The van der Waals surface area contributed by atoms with Gasteiger partial charge in [-0.05, 0) is 37.2 Å². The molecule has 1 fully saturated rings. The first-order chi connectivity index (χ1) is 9.51.